The first kappa shape index (κ1) is 13.7. The number of nitriles is 1. The number of rotatable bonds is 5. The topological polar surface area (TPSA) is 35.8 Å². The van der Waals surface area contributed by atoms with Gasteiger partial charge in [0.05, 0.1) is 17.2 Å². The second-order valence-corrected chi connectivity index (χ2v) is 4.88. The largest absolute Gasteiger partial charge is 0.417 e. The van der Waals surface area contributed by atoms with E-state index in [9.17, 15) is 13.2 Å². The average molecular weight is 268 g/mol. The molecule has 0 bridgehead atoms. The summed E-state index contributed by atoms with van der Waals surface area (Å²) in [6.07, 6.45) is 0.183. The molecule has 1 aromatic rings. The van der Waals surface area contributed by atoms with Crippen LogP contribution in [0.3, 0.4) is 0 Å². The first-order chi connectivity index (χ1) is 9.00. The van der Waals surface area contributed by atoms with Crippen molar-refractivity contribution in [2.75, 3.05) is 11.9 Å². The van der Waals surface area contributed by atoms with Gasteiger partial charge in [0.2, 0.25) is 0 Å². The predicted octanol–water partition coefficient (Wildman–Crippen LogP) is 4.18. The Morgan fingerprint density at radius 2 is 2.05 bits per heavy atom. The minimum atomic E-state index is -4.49. The van der Waals surface area contributed by atoms with Crippen molar-refractivity contribution in [3.8, 4) is 6.07 Å². The zero-order valence-corrected chi connectivity index (χ0v) is 10.4. The summed E-state index contributed by atoms with van der Waals surface area (Å²) in [4.78, 5) is 0. The quantitative estimate of drug-likeness (QED) is 0.813. The van der Waals surface area contributed by atoms with E-state index < -0.39 is 11.7 Å². The lowest BCUT2D eigenvalue weighted by molar-refractivity contribution is -0.137. The number of nitrogens with one attached hydrogen (secondary N) is 1. The SMILES string of the molecule is N#Cc1ccc(NCCCC2CC2)cc1C(F)(F)F. The molecule has 0 unspecified atom stereocenters. The van der Waals surface area contributed by atoms with Gasteiger partial charge in [-0.1, -0.05) is 12.8 Å². The molecule has 1 aromatic carbocycles. The molecule has 0 aliphatic heterocycles. The molecule has 102 valence electrons. The maximum absolute atomic E-state index is 12.7. The van der Waals surface area contributed by atoms with Crippen LogP contribution in [0, 0.1) is 17.2 Å². The maximum Gasteiger partial charge on any atom is 0.417 e. The molecule has 0 atom stereocenters. The number of hydrogen-bond acceptors (Lipinski definition) is 2. The Morgan fingerprint density at radius 1 is 1.32 bits per heavy atom. The zero-order chi connectivity index (χ0) is 13.9. The molecule has 1 fully saturated rings. The Balaban J connectivity index is 1.98. The van der Waals surface area contributed by atoms with E-state index in [2.05, 4.69) is 5.32 Å². The van der Waals surface area contributed by atoms with Gasteiger partial charge >= 0.3 is 6.18 Å². The minimum Gasteiger partial charge on any atom is -0.385 e. The molecule has 0 amide bonds. The highest BCUT2D eigenvalue weighted by Crippen LogP contribution is 2.34. The molecule has 1 saturated carbocycles. The van der Waals surface area contributed by atoms with Crippen molar-refractivity contribution in [2.45, 2.75) is 31.9 Å². The highest BCUT2D eigenvalue weighted by Gasteiger charge is 2.33. The standard InChI is InChI=1S/C14H15F3N2/c15-14(16,17)13-8-12(6-5-11(13)9-18)19-7-1-2-10-3-4-10/h5-6,8,10,19H,1-4,7H2. The van der Waals surface area contributed by atoms with Gasteiger partial charge in [-0.3, -0.25) is 0 Å². The molecule has 0 saturated heterocycles. The van der Waals surface area contributed by atoms with E-state index in [1.165, 1.54) is 25.0 Å². The van der Waals surface area contributed by atoms with Gasteiger partial charge in [0.1, 0.15) is 0 Å². The smallest absolute Gasteiger partial charge is 0.385 e. The van der Waals surface area contributed by atoms with Crippen LogP contribution in [0.25, 0.3) is 0 Å². The molecule has 1 N–H and O–H groups in total. The van der Waals surface area contributed by atoms with Crippen LogP contribution in [0.4, 0.5) is 18.9 Å². The highest BCUT2D eigenvalue weighted by atomic mass is 19.4. The molecule has 0 aromatic heterocycles. The second-order valence-electron chi connectivity index (χ2n) is 4.88. The molecular formula is C14H15F3N2. The molecule has 0 heterocycles. The maximum atomic E-state index is 12.7. The Kier molecular flexibility index (Phi) is 3.98. The van der Waals surface area contributed by atoms with E-state index in [1.807, 2.05) is 0 Å². The molecule has 1 aliphatic carbocycles. The highest BCUT2D eigenvalue weighted by molar-refractivity contribution is 5.53. The predicted molar refractivity (Wildman–Crippen MR) is 66.6 cm³/mol. The number of benzene rings is 1. The van der Waals surface area contributed by atoms with Crippen molar-refractivity contribution in [3.63, 3.8) is 0 Å². The van der Waals surface area contributed by atoms with E-state index in [4.69, 9.17) is 5.26 Å². The number of alkyl halides is 3. The summed E-state index contributed by atoms with van der Waals surface area (Å²) in [6, 6.07) is 5.31. The summed E-state index contributed by atoms with van der Waals surface area (Å²) in [6.45, 7) is 0.666. The Hall–Kier alpha value is -1.70. The van der Waals surface area contributed by atoms with Crippen molar-refractivity contribution in [1.82, 2.24) is 0 Å². The fourth-order valence-corrected chi connectivity index (χ4v) is 2.02. The number of halogens is 3. The Bertz CT molecular complexity index is 484. The van der Waals surface area contributed by atoms with Crippen LogP contribution >= 0.6 is 0 Å². The van der Waals surface area contributed by atoms with Crippen molar-refractivity contribution in [2.24, 2.45) is 5.92 Å². The van der Waals surface area contributed by atoms with Gasteiger partial charge in [-0.25, -0.2) is 0 Å². The number of anilines is 1. The van der Waals surface area contributed by atoms with Crippen molar-refractivity contribution in [3.05, 3.63) is 29.3 Å². The lowest BCUT2D eigenvalue weighted by Crippen LogP contribution is -2.09. The van der Waals surface area contributed by atoms with Gasteiger partial charge in [-0.15, -0.1) is 0 Å². The molecule has 5 heteroatoms. The van der Waals surface area contributed by atoms with Gasteiger partial charge in [0.25, 0.3) is 0 Å². The summed E-state index contributed by atoms with van der Waals surface area (Å²) >= 11 is 0. The Morgan fingerprint density at radius 3 is 2.63 bits per heavy atom. The Labute approximate surface area is 110 Å². The molecule has 2 nitrogen and oxygen atoms in total. The van der Waals surface area contributed by atoms with E-state index in [1.54, 1.807) is 6.07 Å². The van der Waals surface area contributed by atoms with Crippen LogP contribution in [-0.4, -0.2) is 6.54 Å². The van der Waals surface area contributed by atoms with Gasteiger partial charge in [0, 0.05) is 12.2 Å². The molecule has 2 rings (SSSR count). The van der Waals surface area contributed by atoms with E-state index in [0.717, 1.165) is 24.8 Å². The average Bonchev–Trinajstić information content (AvgIpc) is 3.17. The lowest BCUT2D eigenvalue weighted by atomic mass is 10.1. The summed E-state index contributed by atoms with van der Waals surface area (Å²) in [5.41, 5.74) is -0.791. The lowest BCUT2D eigenvalue weighted by Gasteiger charge is -2.12. The van der Waals surface area contributed by atoms with Crippen LogP contribution < -0.4 is 5.32 Å². The van der Waals surface area contributed by atoms with Crippen molar-refractivity contribution >= 4 is 5.69 Å². The van der Waals surface area contributed by atoms with Crippen LogP contribution in [0.2, 0.25) is 0 Å². The molecule has 0 radical (unpaired) electrons. The monoisotopic (exact) mass is 268 g/mol. The third-order valence-electron chi connectivity index (χ3n) is 3.26. The molecular weight excluding hydrogens is 253 g/mol. The molecule has 0 spiro atoms. The summed E-state index contributed by atoms with van der Waals surface area (Å²) in [5, 5.41) is 11.7. The van der Waals surface area contributed by atoms with Gasteiger partial charge in [-0.05, 0) is 37.0 Å². The van der Waals surface area contributed by atoms with Gasteiger partial charge in [0.15, 0.2) is 0 Å². The normalized spacial score (nSPS) is 15.1. The van der Waals surface area contributed by atoms with Crippen LogP contribution in [0.15, 0.2) is 18.2 Å². The van der Waals surface area contributed by atoms with Gasteiger partial charge in [-0.2, -0.15) is 18.4 Å². The zero-order valence-electron chi connectivity index (χ0n) is 10.4. The fourth-order valence-electron chi connectivity index (χ4n) is 2.02. The first-order valence-electron chi connectivity index (χ1n) is 6.36. The van der Waals surface area contributed by atoms with E-state index in [-0.39, 0.29) is 5.56 Å². The van der Waals surface area contributed by atoms with Crippen LogP contribution in [0.1, 0.15) is 36.8 Å². The third-order valence-corrected chi connectivity index (χ3v) is 3.26. The van der Waals surface area contributed by atoms with Gasteiger partial charge < -0.3 is 5.32 Å². The first-order valence-corrected chi connectivity index (χ1v) is 6.36. The summed E-state index contributed by atoms with van der Waals surface area (Å²) in [5.74, 6) is 0.827. The minimum absolute atomic E-state index is 0.337. The van der Waals surface area contributed by atoms with Crippen molar-refractivity contribution in [1.29, 1.82) is 5.26 Å². The fraction of sp³-hybridized carbons (Fsp3) is 0.500. The number of hydrogen-bond donors (Lipinski definition) is 1. The van der Waals surface area contributed by atoms with Crippen molar-refractivity contribution < 1.29 is 13.2 Å². The van der Waals surface area contributed by atoms with E-state index in [0.29, 0.717) is 12.2 Å². The summed E-state index contributed by atoms with van der Waals surface area (Å²) in [7, 11) is 0. The molecule has 19 heavy (non-hydrogen) atoms. The third kappa shape index (κ3) is 3.88. The second kappa shape index (κ2) is 5.52. The van der Waals surface area contributed by atoms with Crippen LogP contribution in [0.5, 0.6) is 0 Å². The number of nitrogens with zero attached hydrogens (tertiary/aromatic N) is 1. The summed E-state index contributed by atoms with van der Waals surface area (Å²) < 4.78 is 38.2. The molecule has 1 aliphatic rings. The van der Waals surface area contributed by atoms with Crippen LogP contribution in [-0.2, 0) is 6.18 Å². The van der Waals surface area contributed by atoms with E-state index >= 15 is 0 Å².